The molecule has 0 radical (unpaired) electrons. The van der Waals surface area contributed by atoms with Crippen LogP contribution >= 0.6 is 0 Å². The highest BCUT2D eigenvalue weighted by molar-refractivity contribution is 5.76. The van der Waals surface area contributed by atoms with Gasteiger partial charge in [-0.15, -0.1) is 0 Å². The summed E-state index contributed by atoms with van der Waals surface area (Å²) in [5.41, 5.74) is 0. The Kier molecular flexibility index (Phi) is 4.80. The summed E-state index contributed by atoms with van der Waals surface area (Å²) in [7, 11) is 1.96. The number of carbonyl (C=O) groups excluding carboxylic acids is 1. The first-order valence-corrected chi connectivity index (χ1v) is 6.81. The molecule has 2 heterocycles. The Balaban J connectivity index is 1.77. The quantitative estimate of drug-likeness (QED) is 0.800. The minimum Gasteiger partial charge on any atom is -0.381 e. The Morgan fingerprint density at radius 1 is 1.35 bits per heavy atom. The van der Waals surface area contributed by atoms with E-state index in [1.165, 1.54) is 6.42 Å². The van der Waals surface area contributed by atoms with Gasteiger partial charge in [0.2, 0.25) is 5.91 Å². The fraction of sp³-hybridized carbons (Fsp3) is 0.923. The number of hydrogen-bond donors (Lipinski definition) is 1. The molecular formula is C13H24N2O2. The lowest BCUT2D eigenvalue weighted by atomic mass is 9.95. The second kappa shape index (κ2) is 6.36. The van der Waals surface area contributed by atoms with Crippen LogP contribution in [0.5, 0.6) is 0 Å². The summed E-state index contributed by atoms with van der Waals surface area (Å²) < 4.78 is 5.32. The maximum absolute atomic E-state index is 12.2. The van der Waals surface area contributed by atoms with E-state index in [1.807, 2.05) is 11.9 Å². The topological polar surface area (TPSA) is 41.6 Å². The zero-order valence-corrected chi connectivity index (χ0v) is 10.8. The molecule has 1 amide bonds. The van der Waals surface area contributed by atoms with Crippen molar-refractivity contribution >= 4 is 5.91 Å². The molecule has 4 nitrogen and oxygen atoms in total. The monoisotopic (exact) mass is 240 g/mol. The van der Waals surface area contributed by atoms with Gasteiger partial charge in [-0.3, -0.25) is 4.79 Å². The van der Waals surface area contributed by atoms with E-state index < -0.39 is 0 Å². The average Bonchev–Trinajstić information content (AvgIpc) is 2.40. The van der Waals surface area contributed by atoms with Crippen LogP contribution in [0.25, 0.3) is 0 Å². The number of likely N-dealkylation sites (N-methyl/N-ethyl adjacent to an activating group) is 1. The lowest BCUT2D eigenvalue weighted by Gasteiger charge is -2.33. The molecule has 0 spiro atoms. The van der Waals surface area contributed by atoms with E-state index in [1.54, 1.807) is 0 Å². The van der Waals surface area contributed by atoms with Crippen LogP contribution in [0.15, 0.2) is 0 Å². The Morgan fingerprint density at radius 3 is 2.76 bits per heavy atom. The van der Waals surface area contributed by atoms with Gasteiger partial charge >= 0.3 is 0 Å². The van der Waals surface area contributed by atoms with Gasteiger partial charge in [0.15, 0.2) is 0 Å². The van der Waals surface area contributed by atoms with Gasteiger partial charge in [0.1, 0.15) is 0 Å². The molecular weight excluding hydrogens is 216 g/mol. The Labute approximate surface area is 104 Å². The van der Waals surface area contributed by atoms with Crippen LogP contribution in [0.3, 0.4) is 0 Å². The molecule has 17 heavy (non-hydrogen) atoms. The van der Waals surface area contributed by atoms with Crippen LogP contribution < -0.4 is 5.32 Å². The SMILES string of the molecule is CN(C(=O)CC1CCOCC1)[C@@H]1CCCNC1. The summed E-state index contributed by atoms with van der Waals surface area (Å²) >= 11 is 0. The first-order chi connectivity index (χ1) is 8.27. The van der Waals surface area contributed by atoms with E-state index in [0.717, 1.165) is 45.6 Å². The molecule has 1 N–H and O–H groups in total. The van der Waals surface area contributed by atoms with Gasteiger partial charge in [0.05, 0.1) is 0 Å². The Morgan fingerprint density at radius 2 is 2.12 bits per heavy atom. The van der Waals surface area contributed by atoms with E-state index in [0.29, 0.717) is 24.3 Å². The van der Waals surface area contributed by atoms with Crippen LogP contribution in [0.4, 0.5) is 0 Å². The van der Waals surface area contributed by atoms with Crippen molar-refractivity contribution < 1.29 is 9.53 Å². The molecule has 2 rings (SSSR count). The summed E-state index contributed by atoms with van der Waals surface area (Å²) in [5, 5.41) is 3.36. The van der Waals surface area contributed by atoms with E-state index >= 15 is 0 Å². The molecule has 4 heteroatoms. The molecule has 1 atom stereocenters. The van der Waals surface area contributed by atoms with Gasteiger partial charge in [0, 0.05) is 39.3 Å². The molecule has 0 aromatic carbocycles. The van der Waals surface area contributed by atoms with Crippen molar-refractivity contribution in [3.8, 4) is 0 Å². The molecule has 2 aliphatic heterocycles. The van der Waals surface area contributed by atoms with Crippen LogP contribution in [0, 0.1) is 5.92 Å². The van der Waals surface area contributed by atoms with Gasteiger partial charge in [-0.1, -0.05) is 0 Å². The number of rotatable bonds is 3. The van der Waals surface area contributed by atoms with E-state index in [-0.39, 0.29) is 0 Å². The zero-order chi connectivity index (χ0) is 12.1. The number of amides is 1. The normalized spacial score (nSPS) is 26.8. The fourth-order valence-corrected chi connectivity index (χ4v) is 2.71. The summed E-state index contributed by atoms with van der Waals surface area (Å²) in [5.74, 6) is 0.848. The third kappa shape index (κ3) is 3.68. The van der Waals surface area contributed by atoms with Crippen LogP contribution in [-0.2, 0) is 9.53 Å². The smallest absolute Gasteiger partial charge is 0.222 e. The molecule has 2 fully saturated rings. The molecule has 0 unspecified atom stereocenters. The first-order valence-electron chi connectivity index (χ1n) is 6.81. The molecule has 0 aliphatic carbocycles. The van der Waals surface area contributed by atoms with Gasteiger partial charge in [-0.2, -0.15) is 0 Å². The zero-order valence-electron chi connectivity index (χ0n) is 10.8. The summed E-state index contributed by atoms with van der Waals surface area (Å²) in [4.78, 5) is 14.1. The van der Waals surface area contributed by atoms with E-state index in [2.05, 4.69) is 5.32 Å². The molecule has 0 aromatic heterocycles. The standard InChI is InChI=1S/C13H24N2O2/c1-15(12-3-2-6-14-10-12)13(16)9-11-4-7-17-8-5-11/h11-12,14H,2-10H2,1H3/t12-/m1/s1. The van der Waals surface area contributed by atoms with Crippen molar-refractivity contribution in [1.29, 1.82) is 0 Å². The predicted molar refractivity (Wildman–Crippen MR) is 66.8 cm³/mol. The van der Waals surface area contributed by atoms with Crippen molar-refractivity contribution in [3.05, 3.63) is 0 Å². The number of ether oxygens (including phenoxy) is 1. The molecule has 2 saturated heterocycles. The maximum atomic E-state index is 12.2. The highest BCUT2D eigenvalue weighted by atomic mass is 16.5. The fourth-order valence-electron chi connectivity index (χ4n) is 2.71. The highest BCUT2D eigenvalue weighted by Gasteiger charge is 2.24. The van der Waals surface area contributed by atoms with Crippen LogP contribution in [-0.4, -0.2) is 50.2 Å². The number of carbonyl (C=O) groups is 1. The van der Waals surface area contributed by atoms with Crippen molar-refractivity contribution in [3.63, 3.8) is 0 Å². The van der Waals surface area contributed by atoms with E-state index in [4.69, 9.17) is 4.74 Å². The molecule has 2 aliphatic rings. The second-order valence-corrected chi connectivity index (χ2v) is 5.26. The number of nitrogens with zero attached hydrogens (tertiary/aromatic N) is 1. The van der Waals surface area contributed by atoms with Crippen molar-refractivity contribution in [2.45, 2.75) is 38.1 Å². The number of nitrogens with one attached hydrogen (secondary N) is 1. The second-order valence-electron chi connectivity index (χ2n) is 5.26. The Hall–Kier alpha value is -0.610. The number of piperidine rings is 1. The third-order valence-electron chi connectivity index (χ3n) is 4.02. The molecule has 0 saturated carbocycles. The van der Waals surface area contributed by atoms with Gasteiger partial charge < -0.3 is 15.0 Å². The van der Waals surface area contributed by atoms with Crippen molar-refractivity contribution in [2.75, 3.05) is 33.4 Å². The van der Waals surface area contributed by atoms with Gasteiger partial charge in [0.25, 0.3) is 0 Å². The molecule has 98 valence electrons. The average molecular weight is 240 g/mol. The lowest BCUT2D eigenvalue weighted by molar-refractivity contribution is -0.134. The maximum Gasteiger partial charge on any atom is 0.222 e. The van der Waals surface area contributed by atoms with Gasteiger partial charge in [-0.05, 0) is 38.1 Å². The van der Waals surface area contributed by atoms with Crippen LogP contribution in [0.1, 0.15) is 32.1 Å². The molecule has 0 aromatic rings. The lowest BCUT2D eigenvalue weighted by Crippen LogP contribution is -2.47. The summed E-state index contributed by atoms with van der Waals surface area (Å²) in [6, 6.07) is 0.399. The van der Waals surface area contributed by atoms with Crippen molar-refractivity contribution in [2.24, 2.45) is 5.92 Å². The minimum atomic E-state index is 0.311. The minimum absolute atomic E-state index is 0.311. The van der Waals surface area contributed by atoms with Gasteiger partial charge in [-0.25, -0.2) is 0 Å². The van der Waals surface area contributed by atoms with Crippen molar-refractivity contribution in [1.82, 2.24) is 10.2 Å². The third-order valence-corrected chi connectivity index (χ3v) is 4.02. The van der Waals surface area contributed by atoms with Crippen LogP contribution in [0.2, 0.25) is 0 Å². The predicted octanol–water partition coefficient (Wildman–Crippen LogP) is 1.01. The molecule has 0 bridgehead atoms. The number of hydrogen-bond acceptors (Lipinski definition) is 3. The largest absolute Gasteiger partial charge is 0.381 e. The van der Waals surface area contributed by atoms with E-state index in [9.17, 15) is 4.79 Å². The highest BCUT2D eigenvalue weighted by Crippen LogP contribution is 2.20. The summed E-state index contributed by atoms with van der Waals surface area (Å²) in [6.45, 7) is 3.70. The first kappa shape index (κ1) is 12.8. The summed E-state index contributed by atoms with van der Waals surface area (Å²) in [6.07, 6.45) is 5.12. The Bertz CT molecular complexity index is 246.